The Balaban J connectivity index is 0.000000374. The minimum absolute atomic E-state index is 0.312. The summed E-state index contributed by atoms with van der Waals surface area (Å²) < 4.78 is 15.8. The lowest BCUT2D eigenvalue weighted by molar-refractivity contribution is 0.482. The summed E-state index contributed by atoms with van der Waals surface area (Å²) in [6.45, 7) is 14.9. The Hall–Kier alpha value is -3.35. The van der Waals surface area contributed by atoms with Crippen LogP contribution in [0.2, 0.25) is 0 Å². The van der Waals surface area contributed by atoms with Gasteiger partial charge in [0.05, 0.1) is 11.9 Å². The SMILES string of the molecule is CC.CCCCCC(C)CC.CCc1ccn2nc(-c3cccc(C)n3)nc(Nc3ccncc3F)c12. The van der Waals surface area contributed by atoms with Crippen LogP contribution < -0.4 is 5.32 Å². The number of anilines is 2. The van der Waals surface area contributed by atoms with E-state index in [1.807, 2.05) is 51.2 Å². The maximum Gasteiger partial charge on any atom is 0.200 e. The van der Waals surface area contributed by atoms with E-state index in [2.05, 4.69) is 53.1 Å². The molecule has 0 spiro atoms. The third-order valence-electron chi connectivity index (χ3n) is 6.12. The van der Waals surface area contributed by atoms with Crippen LogP contribution in [0.5, 0.6) is 0 Å². The summed E-state index contributed by atoms with van der Waals surface area (Å²) in [5.41, 5.74) is 3.75. The van der Waals surface area contributed by atoms with Gasteiger partial charge in [0.2, 0.25) is 5.82 Å². The molecule has 0 bridgehead atoms. The zero-order valence-corrected chi connectivity index (χ0v) is 23.6. The number of pyridine rings is 2. The first-order valence-electron chi connectivity index (χ1n) is 13.7. The zero-order chi connectivity index (χ0) is 27.2. The zero-order valence-electron chi connectivity index (χ0n) is 23.6. The van der Waals surface area contributed by atoms with E-state index in [4.69, 9.17) is 0 Å². The summed E-state index contributed by atoms with van der Waals surface area (Å²) in [4.78, 5) is 12.9. The highest BCUT2D eigenvalue weighted by molar-refractivity contribution is 5.78. The van der Waals surface area contributed by atoms with Crippen molar-refractivity contribution in [3.63, 3.8) is 0 Å². The Labute approximate surface area is 221 Å². The van der Waals surface area contributed by atoms with Crippen molar-refractivity contribution in [3.05, 3.63) is 66.0 Å². The van der Waals surface area contributed by atoms with E-state index in [1.165, 1.54) is 44.5 Å². The molecule has 0 aliphatic carbocycles. The van der Waals surface area contributed by atoms with Gasteiger partial charge in [-0.05, 0) is 49.1 Å². The van der Waals surface area contributed by atoms with Crippen LogP contribution in [0.15, 0.2) is 48.9 Å². The molecule has 4 aromatic rings. The molecule has 0 amide bonds. The van der Waals surface area contributed by atoms with E-state index in [0.29, 0.717) is 23.0 Å². The molecule has 0 aliphatic rings. The van der Waals surface area contributed by atoms with Crippen molar-refractivity contribution in [2.75, 3.05) is 5.32 Å². The number of unbranched alkanes of at least 4 members (excludes halogenated alkanes) is 2. The molecule has 200 valence electrons. The van der Waals surface area contributed by atoms with E-state index in [-0.39, 0.29) is 0 Å². The molecule has 4 aromatic heterocycles. The van der Waals surface area contributed by atoms with Crippen molar-refractivity contribution in [2.24, 2.45) is 5.92 Å². The first-order chi connectivity index (χ1) is 18.0. The third-order valence-corrected chi connectivity index (χ3v) is 6.12. The van der Waals surface area contributed by atoms with Crippen molar-refractivity contribution in [1.82, 2.24) is 24.6 Å². The van der Waals surface area contributed by atoms with E-state index < -0.39 is 5.82 Å². The van der Waals surface area contributed by atoms with Gasteiger partial charge in [-0.2, -0.15) is 0 Å². The van der Waals surface area contributed by atoms with E-state index in [0.717, 1.165) is 29.1 Å². The van der Waals surface area contributed by atoms with Crippen molar-refractivity contribution in [1.29, 1.82) is 0 Å². The van der Waals surface area contributed by atoms with Crippen LogP contribution in [0.1, 0.15) is 84.9 Å². The fraction of sp³-hybridized carbons (Fsp3) is 0.467. The molecular weight excluding hydrogens is 463 g/mol. The lowest BCUT2D eigenvalue weighted by Crippen LogP contribution is -2.06. The summed E-state index contributed by atoms with van der Waals surface area (Å²) in [5.74, 6) is 1.52. The summed E-state index contributed by atoms with van der Waals surface area (Å²) in [7, 11) is 0. The monoisotopic (exact) mass is 506 g/mol. The molecule has 4 heterocycles. The van der Waals surface area contributed by atoms with Gasteiger partial charge in [0.25, 0.3) is 0 Å². The first-order valence-corrected chi connectivity index (χ1v) is 13.7. The fourth-order valence-electron chi connectivity index (χ4n) is 3.79. The Morgan fingerprint density at radius 1 is 1.03 bits per heavy atom. The van der Waals surface area contributed by atoms with E-state index >= 15 is 0 Å². The molecule has 37 heavy (non-hydrogen) atoms. The topological polar surface area (TPSA) is 68.0 Å². The summed E-state index contributed by atoms with van der Waals surface area (Å²) in [6, 6.07) is 9.25. The third kappa shape index (κ3) is 8.62. The molecule has 0 radical (unpaired) electrons. The fourth-order valence-corrected chi connectivity index (χ4v) is 3.79. The Bertz CT molecular complexity index is 1220. The molecule has 1 unspecified atom stereocenters. The highest BCUT2D eigenvalue weighted by Crippen LogP contribution is 2.27. The Morgan fingerprint density at radius 2 is 1.81 bits per heavy atom. The van der Waals surface area contributed by atoms with E-state index in [9.17, 15) is 4.39 Å². The van der Waals surface area contributed by atoms with Crippen LogP contribution >= 0.6 is 0 Å². The number of hydrogen-bond acceptors (Lipinski definition) is 5. The number of aryl methyl sites for hydroxylation is 2. The molecular formula is C30H43FN6. The lowest BCUT2D eigenvalue weighted by atomic mass is 10.0. The van der Waals surface area contributed by atoms with Crippen molar-refractivity contribution < 1.29 is 4.39 Å². The number of hydrogen-bond donors (Lipinski definition) is 1. The molecule has 6 nitrogen and oxygen atoms in total. The number of rotatable bonds is 9. The van der Waals surface area contributed by atoms with Gasteiger partial charge in [0.1, 0.15) is 11.2 Å². The Morgan fingerprint density at radius 3 is 2.46 bits per heavy atom. The predicted octanol–water partition coefficient (Wildman–Crippen LogP) is 8.58. The molecule has 1 atom stereocenters. The average molecular weight is 507 g/mol. The van der Waals surface area contributed by atoms with Crippen molar-refractivity contribution in [3.8, 4) is 11.5 Å². The van der Waals surface area contributed by atoms with Gasteiger partial charge in [-0.15, -0.1) is 5.10 Å². The van der Waals surface area contributed by atoms with Gasteiger partial charge >= 0.3 is 0 Å². The quantitative estimate of drug-likeness (QED) is 0.230. The molecule has 7 heteroatoms. The standard InChI is InChI=1S/C19H17FN6.C9H20.C2H6/c1-3-13-8-10-26-17(13)19(23-15-7-9-21-11-14(15)20)24-18(25-26)16-6-4-5-12(2)22-16;1-4-6-7-8-9(3)5-2;1-2/h4-11H,3H2,1-2H3,(H,21,23,24,25);9H,4-8H2,1-3H3;1-2H3. The summed E-state index contributed by atoms with van der Waals surface area (Å²) >= 11 is 0. The predicted molar refractivity (Wildman–Crippen MR) is 153 cm³/mol. The van der Waals surface area contributed by atoms with Crippen LogP contribution in [-0.4, -0.2) is 24.6 Å². The number of aromatic nitrogens is 5. The summed E-state index contributed by atoms with van der Waals surface area (Å²) in [5, 5.41) is 7.66. The molecule has 0 saturated carbocycles. The largest absolute Gasteiger partial charge is 0.336 e. The van der Waals surface area contributed by atoms with Gasteiger partial charge < -0.3 is 5.32 Å². The van der Waals surface area contributed by atoms with Crippen LogP contribution in [0.4, 0.5) is 15.9 Å². The van der Waals surface area contributed by atoms with Crippen LogP contribution in [0, 0.1) is 18.7 Å². The maximum atomic E-state index is 14.1. The minimum atomic E-state index is -0.441. The molecule has 0 aromatic carbocycles. The van der Waals surface area contributed by atoms with Crippen molar-refractivity contribution >= 4 is 17.0 Å². The second-order valence-electron chi connectivity index (χ2n) is 8.93. The number of halogens is 1. The highest BCUT2D eigenvalue weighted by atomic mass is 19.1. The number of nitrogens with one attached hydrogen (secondary N) is 1. The van der Waals surface area contributed by atoms with Crippen LogP contribution in [0.3, 0.4) is 0 Å². The second kappa shape index (κ2) is 15.7. The Kier molecular flexibility index (Phi) is 12.7. The van der Waals surface area contributed by atoms with Gasteiger partial charge in [-0.1, -0.05) is 79.7 Å². The number of nitrogens with zero attached hydrogens (tertiary/aromatic N) is 5. The van der Waals surface area contributed by atoms with E-state index in [1.54, 1.807) is 10.6 Å². The maximum absolute atomic E-state index is 14.1. The highest BCUT2D eigenvalue weighted by Gasteiger charge is 2.15. The van der Waals surface area contributed by atoms with Gasteiger partial charge in [0.15, 0.2) is 11.6 Å². The number of fused-ring (bicyclic) bond motifs is 1. The molecule has 1 N–H and O–H groups in total. The van der Waals surface area contributed by atoms with Crippen LogP contribution in [-0.2, 0) is 6.42 Å². The second-order valence-corrected chi connectivity index (χ2v) is 8.93. The van der Waals surface area contributed by atoms with Gasteiger partial charge in [-0.25, -0.2) is 18.9 Å². The minimum Gasteiger partial charge on any atom is -0.336 e. The normalized spacial score (nSPS) is 11.2. The molecule has 4 rings (SSSR count). The molecule has 0 saturated heterocycles. The molecule has 0 aliphatic heterocycles. The first kappa shape index (κ1) is 29.9. The molecule has 0 fully saturated rings. The smallest absolute Gasteiger partial charge is 0.200 e. The van der Waals surface area contributed by atoms with Gasteiger partial charge in [0, 0.05) is 18.1 Å². The van der Waals surface area contributed by atoms with Crippen LogP contribution in [0.25, 0.3) is 17.0 Å². The van der Waals surface area contributed by atoms with Crippen molar-refractivity contribution in [2.45, 2.75) is 87.0 Å². The van der Waals surface area contributed by atoms with Gasteiger partial charge in [-0.3, -0.25) is 4.98 Å². The lowest BCUT2D eigenvalue weighted by Gasteiger charge is -2.11. The summed E-state index contributed by atoms with van der Waals surface area (Å²) in [6.07, 6.45) is 12.4. The average Bonchev–Trinajstić information content (AvgIpc) is 3.35.